The van der Waals surface area contributed by atoms with Gasteiger partial charge in [-0.15, -0.1) is 0 Å². The molecule has 1 saturated heterocycles. The highest BCUT2D eigenvalue weighted by Crippen LogP contribution is 2.36. The van der Waals surface area contributed by atoms with Gasteiger partial charge >= 0.3 is 0 Å². The van der Waals surface area contributed by atoms with E-state index in [1.165, 1.54) is 29.8 Å². The monoisotopic (exact) mass is 554 g/mol. The fourth-order valence-corrected chi connectivity index (χ4v) is 5.80. The predicted octanol–water partition coefficient (Wildman–Crippen LogP) is 2.26. The molecule has 0 radical (unpaired) electrons. The second kappa shape index (κ2) is 10.2. The summed E-state index contributed by atoms with van der Waals surface area (Å²) in [6.07, 6.45) is 3.52. The number of anilines is 1. The van der Waals surface area contributed by atoms with Crippen LogP contribution in [0.15, 0.2) is 53.5 Å². The van der Waals surface area contributed by atoms with Crippen molar-refractivity contribution in [2.24, 2.45) is 0 Å². The molecule has 2 aromatic carbocycles. The van der Waals surface area contributed by atoms with Crippen LogP contribution < -0.4 is 21.3 Å². The number of amides is 1. The summed E-state index contributed by atoms with van der Waals surface area (Å²) in [5.74, 6) is -0.601. The standard InChI is InChI=1S/C26H27FN6O5S/c1-38-21-8-7-17(27)11-19(21)25(34)29-12-15-3-5-16(6-4-15)20-14-33(18-9-10-32(13-18)39(2,36)37)23-22(20)24(28)30-31-26(23)35/h3-8,11,14,18H,9-10,12-13H2,1-2H3,(H2,28,30)(H,29,34)(H,31,35). The van der Waals surface area contributed by atoms with Gasteiger partial charge in [0.15, 0.2) is 5.82 Å². The van der Waals surface area contributed by atoms with E-state index in [9.17, 15) is 22.4 Å². The summed E-state index contributed by atoms with van der Waals surface area (Å²) in [5, 5.41) is 9.60. The van der Waals surface area contributed by atoms with Crippen molar-refractivity contribution in [3.05, 3.63) is 76.0 Å². The van der Waals surface area contributed by atoms with Crippen molar-refractivity contribution < 1.29 is 22.3 Å². The molecule has 4 N–H and O–H groups in total. The minimum Gasteiger partial charge on any atom is -0.496 e. The van der Waals surface area contributed by atoms with Gasteiger partial charge in [0, 0.05) is 37.4 Å². The van der Waals surface area contributed by atoms with Crippen LogP contribution in [0.1, 0.15) is 28.4 Å². The number of carbonyl (C=O) groups excluding carboxylic acids is 1. The van der Waals surface area contributed by atoms with E-state index < -0.39 is 27.3 Å². The summed E-state index contributed by atoms with van der Waals surface area (Å²) in [7, 11) is -1.95. The average molecular weight is 555 g/mol. The van der Waals surface area contributed by atoms with Crippen molar-refractivity contribution in [3.8, 4) is 16.9 Å². The number of H-pyrrole nitrogens is 1. The summed E-state index contributed by atoms with van der Waals surface area (Å²) in [5.41, 5.74) is 8.42. The van der Waals surface area contributed by atoms with Crippen molar-refractivity contribution in [1.29, 1.82) is 0 Å². The van der Waals surface area contributed by atoms with E-state index in [1.807, 2.05) is 24.3 Å². The summed E-state index contributed by atoms with van der Waals surface area (Å²) < 4.78 is 46.1. The smallest absolute Gasteiger partial charge is 0.288 e. The molecule has 1 aliphatic heterocycles. The molecule has 13 heteroatoms. The van der Waals surface area contributed by atoms with Gasteiger partial charge in [0.2, 0.25) is 10.0 Å². The van der Waals surface area contributed by atoms with Gasteiger partial charge in [0.25, 0.3) is 11.5 Å². The van der Waals surface area contributed by atoms with Crippen LogP contribution in [0.2, 0.25) is 0 Å². The number of carbonyl (C=O) groups is 1. The number of nitrogens with one attached hydrogen (secondary N) is 2. The Morgan fingerprint density at radius 2 is 2.00 bits per heavy atom. The van der Waals surface area contributed by atoms with Gasteiger partial charge in [-0.3, -0.25) is 9.59 Å². The number of sulfonamides is 1. The van der Waals surface area contributed by atoms with E-state index in [0.717, 1.165) is 17.2 Å². The number of benzene rings is 2. The molecule has 1 unspecified atom stereocenters. The molecule has 0 aliphatic carbocycles. The quantitative estimate of drug-likeness (QED) is 0.317. The first kappa shape index (κ1) is 26.4. The Balaban J connectivity index is 1.42. The predicted molar refractivity (Wildman–Crippen MR) is 144 cm³/mol. The molecule has 11 nitrogen and oxygen atoms in total. The zero-order valence-electron chi connectivity index (χ0n) is 21.3. The number of aromatic nitrogens is 3. The molecule has 1 aliphatic rings. The highest BCUT2D eigenvalue weighted by Gasteiger charge is 2.32. The maximum atomic E-state index is 13.6. The minimum absolute atomic E-state index is 0.0940. The molecule has 39 heavy (non-hydrogen) atoms. The number of methoxy groups -OCH3 is 1. The topological polar surface area (TPSA) is 152 Å². The zero-order chi connectivity index (χ0) is 27.9. The second-order valence-electron chi connectivity index (χ2n) is 9.40. The maximum absolute atomic E-state index is 13.6. The third kappa shape index (κ3) is 5.10. The molecule has 1 fully saturated rings. The first-order valence-corrected chi connectivity index (χ1v) is 14.0. The number of ether oxygens (including phenoxy) is 1. The lowest BCUT2D eigenvalue weighted by molar-refractivity contribution is 0.0947. The van der Waals surface area contributed by atoms with Crippen LogP contribution in [0, 0.1) is 5.82 Å². The fraction of sp³-hybridized carbons (Fsp3) is 0.269. The molecule has 1 atom stereocenters. The van der Waals surface area contributed by atoms with Gasteiger partial charge in [0.05, 0.1) is 24.3 Å². The van der Waals surface area contributed by atoms with E-state index in [0.29, 0.717) is 29.4 Å². The summed E-state index contributed by atoms with van der Waals surface area (Å²) in [4.78, 5) is 25.4. The molecule has 5 rings (SSSR count). The molecular formula is C26H27FN6O5S. The van der Waals surface area contributed by atoms with Crippen LogP contribution in [0.25, 0.3) is 22.0 Å². The SMILES string of the molecule is COc1ccc(F)cc1C(=O)NCc1ccc(-c2cn(C3CCN(S(C)(=O)=O)C3)c3c(=O)[nH]nc(N)c23)cc1. The van der Waals surface area contributed by atoms with E-state index in [2.05, 4.69) is 15.5 Å². The molecule has 2 aromatic heterocycles. The van der Waals surface area contributed by atoms with Crippen LogP contribution in [-0.4, -0.2) is 59.8 Å². The molecule has 0 spiro atoms. The number of halogens is 1. The third-order valence-electron chi connectivity index (χ3n) is 6.89. The van der Waals surface area contributed by atoms with Gasteiger partial charge in [-0.2, -0.15) is 5.10 Å². The lowest BCUT2D eigenvalue weighted by Crippen LogP contribution is -2.28. The Morgan fingerprint density at radius 1 is 1.26 bits per heavy atom. The maximum Gasteiger partial charge on any atom is 0.288 e. The summed E-state index contributed by atoms with van der Waals surface area (Å²) in [6, 6.07) is 10.8. The zero-order valence-corrected chi connectivity index (χ0v) is 22.1. The summed E-state index contributed by atoms with van der Waals surface area (Å²) in [6.45, 7) is 0.796. The average Bonchev–Trinajstić information content (AvgIpc) is 3.56. The first-order chi connectivity index (χ1) is 18.6. The highest BCUT2D eigenvalue weighted by atomic mass is 32.2. The molecule has 4 aromatic rings. The summed E-state index contributed by atoms with van der Waals surface area (Å²) >= 11 is 0. The Hall–Kier alpha value is -4.23. The van der Waals surface area contributed by atoms with Gasteiger partial charge in [-0.05, 0) is 35.7 Å². The largest absolute Gasteiger partial charge is 0.496 e. The normalized spacial score (nSPS) is 16.0. The number of hydrogen-bond acceptors (Lipinski definition) is 7. The molecular weight excluding hydrogens is 527 g/mol. The number of nitrogen functional groups attached to an aromatic ring is 1. The van der Waals surface area contributed by atoms with E-state index in [-0.39, 0.29) is 36.3 Å². The number of nitrogens with two attached hydrogens (primary N) is 1. The first-order valence-electron chi connectivity index (χ1n) is 12.1. The Labute approximate surface area is 223 Å². The second-order valence-corrected chi connectivity index (χ2v) is 11.4. The van der Waals surface area contributed by atoms with Crippen molar-refractivity contribution in [1.82, 2.24) is 24.4 Å². The molecule has 1 amide bonds. The molecule has 3 heterocycles. The number of aromatic amines is 1. The Kier molecular flexibility index (Phi) is 6.87. The van der Waals surface area contributed by atoms with Crippen LogP contribution in [0.3, 0.4) is 0 Å². The van der Waals surface area contributed by atoms with Crippen molar-refractivity contribution in [2.75, 3.05) is 32.2 Å². The van der Waals surface area contributed by atoms with Gasteiger partial charge in [-0.1, -0.05) is 24.3 Å². The van der Waals surface area contributed by atoms with Crippen LogP contribution >= 0.6 is 0 Å². The third-order valence-corrected chi connectivity index (χ3v) is 8.16. The van der Waals surface area contributed by atoms with E-state index in [1.54, 1.807) is 10.8 Å². The molecule has 0 bridgehead atoms. The molecule has 0 saturated carbocycles. The van der Waals surface area contributed by atoms with Gasteiger partial charge < -0.3 is 20.4 Å². The van der Waals surface area contributed by atoms with Gasteiger partial charge in [0.1, 0.15) is 17.1 Å². The van der Waals surface area contributed by atoms with Crippen LogP contribution in [0.4, 0.5) is 10.2 Å². The lowest BCUT2D eigenvalue weighted by Gasteiger charge is -2.15. The number of hydrogen-bond donors (Lipinski definition) is 3. The number of rotatable bonds is 7. The van der Waals surface area contributed by atoms with E-state index >= 15 is 0 Å². The molecule has 204 valence electrons. The fourth-order valence-electron chi connectivity index (χ4n) is 4.92. The highest BCUT2D eigenvalue weighted by molar-refractivity contribution is 7.88. The van der Waals surface area contributed by atoms with Crippen LogP contribution in [0.5, 0.6) is 5.75 Å². The Bertz CT molecular complexity index is 1730. The Morgan fingerprint density at radius 3 is 2.67 bits per heavy atom. The van der Waals surface area contributed by atoms with Crippen molar-refractivity contribution >= 4 is 32.7 Å². The number of fused-ring (bicyclic) bond motifs is 1. The number of nitrogens with zero attached hydrogens (tertiary/aromatic N) is 3. The van der Waals surface area contributed by atoms with Crippen molar-refractivity contribution in [3.63, 3.8) is 0 Å². The van der Waals surface area contributed by atoms with E-state index in [4.69, 9.17) is 10.5 Å². The van der Waals surface area contributed by atoms with Crippen molar-refractivity contribution in [2.45, 2.75) is 19.0 Å². The van der Waals surface area contributed by atoms with Crippen LogP contribution in [-0.2, 0) is 16.6 Å². The van der Waals surface area contributed by atoms with Gasteiger partial charge in [-0.25, -0.2) is 22.2 Å². The minimum atomic E-state index is -3.36. The lowest BCUT2D eigenvalue weighted by atomic mass is 10.0.